The molecule has 0 heterocycles. The van der Waals surface area contributed by atoms with Crippen LogP contribution in [0.4, 0.5) is 8.78 Å². The third-order valence-corrected chi connectivity index (χ3v) is 2.40. The van der Waals surface area contributed by atoms with Crippen molar-refractivity contribution < 1.29 is 23.4 Å². The van der Waals surface area contributed by atoms with E-state index < -0.39 is 18.5 Å². The SMILES string of the molecule is CC(COCC(F)(F)C(=O)O)C1CC1. The van der Waals surface area contributed by atoms with Gasteiger partial charge in [-0.05, 0) is 24.7 Å². The molecule has 0 aromatic heterocycles. The Balaban J connectivity index is 2.16. The van der Waals surface area contributed by atoms with Crippen LogP contribution >= 0.6 is 0 Å². The molecule has 14 heavy (non-hydrogen) atoms. The zero-order chi connectivity index (χ0) is 10.8. The number of halogens is 2. The number of hydrogen-bond acceptors (Lipinski definition) is 2. The van der Waals surface area contributed by atoms with E-state index in [0.29, 0.717) is 5.92 Å². The Morgan fingerprint density at radius 1 is 1.64 bits per heavy atom. The minimum atomic E-state index is -3.76. The number of aliphatic carboxylic acids is 1. The van der Waals surface area contributed by atoms with Gasteiger partial charge in [-0.1, -0.05) is 6.92 Å². The van der Waals surface area contributed by atoms with E-state index in [1.165, 1.54) is 0 Å². The molecule has 82 valence electrons. The van der Waals surface area contributed by atoms with Crippen LogP contribution in [0.3, 0.4) is 0 Å². The van der Waals surface area contributed by atoms with Crippen LogP contribution < -0.4 is 0 Å². The lowest BCUT2D eigenvalue weighted by Crippen LogP contribution is -2.34. The average molecular weight is 208 g/mol. The topological polar surface area (TPSA) is 46.5 Å². The van der Waals surface area contributed by atoms with Gasteiger partial charge in [0.1, 0.15) is 6.61 Å². The van der Waals surface area contributed by atoms with Crippen LogP contribution in [0.5, 0.6) is 0 Å². The molecule has 0 bridgehead atoms. The van der Waals surface area contributed by atoms with E-state index in [0.717, 1.165) is 12.8 Å². The second kappa shape index (κ2) is 4.21. The summed E-state index contributed by atoms with van der Waals surface area (Å²) < 4.78 is 29.7. The summed E-state index contributed by atoms with van der Waals surface area (Å²) in [5.41, 5.74) is 0. The van der Waals surface area contributed by atoms with Crippen LogP contribution in [-0.4, -0.2) is 30.2 Å². The molecule has 0 amide bonds. The number of alkyl halides is 2. The van der Waals surface area contributed by atoms with Crippen molar-refractivity contribution in [3.8, 4) is 0 Å². The first-order chi connectivity index (χ1) is 6.43. The minimum absolute atomic E-state index is 0.216. The van der Waals surface area contributed by atoms with E-state index >= 15 is 0 Å². The Morgan fingerprint density at radius 3 is 2.64 bits per heavy atom. The van der Waals surface area contributed by atoms with Crippen molar-refractivity contribution in [2.45, 2.75) is 25.7 Å². The van der Waals surface area contributed by atoms with Crippen molar-refractivity contribution in [3.63, 3.8) is 0 Å². The highest BCUT2D eigenvalue weighted by molar-refractivity contribution is 5.75. The van der Waals surface area contributed by atoms with E-state index in [2.05, 4.69) is 0 Å². The Morgan fingerprint density at radius 2 is 2.21 bits per heavy atom. The summed E-state index contributed by atoms with van der Waals surface area (Å²) in [6.45, 7) is 1.11. The molecule has 1 rings (SSSR count). The van der Waals surface area contributed by atoms with Gasteiger partial charge >= 0.3 is 11.9 Å². The van der Waals surface area contributed by atoms with Gasteiger partial charge in [0.05, 0.1) is 0 Å². The first-order valence-electron chi connectivity index (χ1n) is 4.62. The highest BCUT2D eigenvalue weighted by Crippen LogP contribution is 2.36. The standard InChI is InChI=1S/C9H14F2O3/c1-6(7-2-3-7)4-14-5-9(10,11)8(12)13/h6-7H,2-5H2,1H3,(H,12,13). The fraction of sp³-hybridized carbons (Fsp3) is 0.889. The van der Waals surface area contributed by atoms with Crippen LogP contribution in [0.15, 0.2) is 0 Å². The Hall–Kier alpha value is -0.710. The van der Waals surface area contributed by atoms with Crippen LogP contribution in [0, 0.1) is 11.8 Å². The predicted molar refractivity (Wildman–Crippen MR) is 45.3 cm³/mol. The lowest BCUT2D eigenvalue weighted by Gasteiger charge is -2.14. The second-order valence-corrected chi connectivity index (χ2v) is 3.84. The van der Waals surface area contributed by atoms with Gasteiger partial charge in [-0.25, -0.2) is 4.79 Å². The molecule has 0 aliphatic heterocycles. The van der Waals surface area contributed by atoms with E-state index in [-0.39, 0.29) is 12.5 Å². The molecule has 0 saturated heterocycles. The van der Waals surface area contributed by atoms with Crippen LogP contribution in [-0.2, 0) is 9.53 Å². The van der Waals surface area contributed by atoms with Crippen molar-refractivity contribution in [1.82, 2.24) is 0 Å². The third-order valence-electron chi connectivity index (χ3n) is 2.40. The monoisotopic (exact) mass is 208 g/mol. The maximum Gasteiger partial charge on any atom is 0.377 e. The van der Waals surface area contributed by atoms with Gasteiger partial charge in [-0.2, -0.15) is 8.78 Å². The van der Waals surface area contributed by atoms with Gasteiger partial charge in [0, 0.05) is 6.61 Å². The fourth-order valence-corrected chi connectivity index (χ4v) is 1.24. The maximum absolute atomic E-state index is 12.5. The quantitative estimate of drug-likeness (QED) is 0.723. The van der Waals surface area contributed by atoms with Gasteiger partial charge in [-0.3, -0.25) is 0 Å². The van der Waals surface area contributed by atoms with Crippen molar-refractivity contribution in [3.05, 3.63) is 0 Å². The number of carbonyl (C=O) groups is 1. The van der Waals surface area contributed by atoms with Gasteiger partial charge < -0.3 is 9.84 Å². The van der Waals surface area contributed by atoms with Crippen molar-refractivity contribution in [1.29, 1.82) is 0 Å². The molecule has 1 atom stereocenters. The van der Waals surface area contributed by atoms with E-state index in [1.54, 1.807) is 0 Å². The molecule has 3 nitrogen and oxygen atoms in total. The first kappa shape index (κ1) is 11.4. The minimum Gasteiger partial charge on any atom is -0.477 e. The van der Waals surface area contributed by atoms with Gasteiger partial charge in [0.25, 0.3) is 0 Å². The lowest BCUT2D eigenvalue weighted by molar-refractivity contribution is -0.174. The van der Waals surface area contributed by atoms with Crippen molar-refractivity contribution in [2.24, 2.45) is 11.8 Å². The second-order valence-electron chi connectivity index (χ2n) is 3.84. The Bertz CT molecular complexity index is 214. The molecule has 0 aromatic carbocycles. The summed E-state index contributed by atoms with van der Waals surface area (Å²) in [5, 5.41) is 8.10. The van der Waals surface area contributed by atoms with E-state index in [1.807, 2.05) is 6.92 Å². The predicted octanol–water partition coefficient (Wildman–Crippen LogP) is 1.77. The number of carboxylic acids is 1. The van der Waals surface area contributed by atoms with E-state index in [9.17, 15) is 13.6 Å². The summed E-state index contributed by atoms with van der Waals surface area (Å²) in [4.78, 5) is 10.0. The summed E-state index contributed by atoms with van der Waals surface area (Å²) in [7, 11) is 0. The smallest absolute Gasteiger partial charge is 0.377 e. The maximum atomic E-state index is 12.5. The Kier molecular flexibility index (Phi) is 3.42. The van der Waals surface area contributed by atoms with E-state index in [4.69, 9.17) is 9.84 Å². The van der Waals surface area contributed by atoms with Gasteiger partial charge in [0.15, 0.2) is 0 Å². The molecular formula is C9H14F2O3. The summed E-state index contributed by atoms with van der Waals surface area (Å²) in [5.74, 6) is -5.06. The van der Waals surface area contributed by atoms with Crippen LogP contribution in [0.1, 0.15) is 19.8 Å². The number of rotatable bonds is 6. The van der Waals surface area contributed by atoms with Crippen molar-refractivity contribution >= 4 is 5.97 Å². The molecule has 1 fully saturated rings. The molecular weight excluding hydrogens is 194 g/mol. The number of hydrogen-bond donors (Lipinski definition) is 1. The molecule has 5 heteroatoms. The molecule has 1 N–H and O–H groups in total. The molecule has 1 aliphatic rings. The van der Waals surface area contributed by atoms with Gasteiger partial charge in [0.2, 0.25) is 0 Å². The molecule has 0 radical (unpaired) electrons. The zero-order valence-electron chi connectivity index (χ0n) is 8.00. The largest absolute Gasteiger partial charge is 0.477 e. The first-order valence-corrected chi connectivity index (χ1v) is 4.62. The highest BCUT2D eigenvalue weighted by atomic mass is 19.3. The third kappa shape index (κ3) is 3.21. The summed E-state index contributed by atoms with van der Waals surface area (Å²) in [6.07, 6.45) is 2.25. The van der Waals surface area contributed by atoms with Crippen molar-refractivity contribution in [2.75, 3.05) is 13.2 Å². The molecule has 1 aliphatic carbocycles. The van der Waals surface area contributed by atoms with Crippen LogP contribution in [0.2, 0.25) is 0 Å². The molecule has 0 spiro atoms. The fourth-order valence-electron chi connectivity index (χ4n) is 1.24. The summed E-state index contributed by atoms with van der Waals surface area (Å²) >= 11 is 0. The highest BCUT2D eigenvalue weighted by Gasteiger charge is 2.39. The Labute approximate surface area is 81.1 Å². The molecule has 1 saturated carbocycles. The number of carboxylic acid groups (broad SMARTS) is 1. The lowest BCUT2D eigenvalue weighted by atomic mass is 10.1. The summed E-state index contributed by atoms with van der Waals surface area (Å²) in [6, 6.07) is 0. The molecule has 1 unspecified atom stereocenters. The molecule has 0 aromatic rings. The number of ether oxygens (including phenoxy) is 1. The zero-order valence-corrected chi connectivity index (χ0v) is 8.00. The van der Waals surface area contributed by atoms with Crippen LogP contribution in [0.25, 0.3) is 0 Å². The van der Waals surface area contributed by atoms with Gasteiger partial charge in [-0.15, -0.1) is 0 Å². The normalized spacial score (nSPS) is 19.4. The average Bonchev–Trinajstić information content (AvgIpc) is 2.85.